The van der Waals surface area contributed by atoms with Gasteiger partial charge in [0.1, 0.15) is 12.2 Å². The zero-order chi connectivity index (χ0) is 27.0. The van der Waals surface area contributed by atoms with E-state index >= 15 is 0 Å². The van der Waals surface area contributed by atoms with E-state index in [0.29, 0.717) is 29.1 Å². The van der Waals surface area contributed by atoms with Crippen LogP contribution in [0.3, 0.4) is 0 Å². The molecule has 11 unspecified atom stereocenters. The largest absolute Gasteiger partial charge is 0.393 e. The van der Waals surface area contributed by atoms with E-state index in [0.717, 1.165) is 19.3 Å². The van der Waals surface area contributed by atoms with Crippen LogP contribution in [-0.4, -0.2) is 40.9 Å². The maximum atomic E-state index is 10.9. The first-order chi connectivity index (χ1) is 17.0. The minimum atomic E-state index is -0.541. The molecule has 210 valence electrons. The van der Waals surface area contributed by atoms with Gasteiger partial charge in [0.05, 0.1) is 17.8 Å². The molecule has 0 aromatic heterocycles. The topological polar surface area (TPSA) is 47.9 Å². The fourth-order valence-electron chi connectivity index (χ4n) is 11.3. The summed E-state index contributed by atoms with van der Waals surface area (Å²) in [6.45, 7) is 23.4. The number of hydrogen-bond donors (Lipinski definition) is 1. The zero-order valence-electron chi connectivity index (χ0n) is 25.3. The van der Waals surface area contributed by atoms with Crippen LogP contribution in [0, 0.1) is 45.3 Å². The molecular formula is C33H54O4. The molecule has 4 aliphatic carbocycles. The monoisotopic (exact) mass is 514 g/mol. The molecule has 0 aromatic carbocycles. The average Bonchev–Trinajstić information content (AvgIpc) is 3.36. The Labute approximate surface area is 226 Å². The SMILES string of the molecule is CC(C1OC(C)(C)C2OC(C)(C)OC12)C1CCC2(C)C3=CCC4C(C)(C)C(O)CCC4(C)C3CCC12C. The number of fused-ring (bicyclic) bond motifs is 6. The Balaban J connectivity index is 1.31. The van der Waals surface area contributed by atoms with E-state index in [9.17, 15) is 5.11 Å². The van der Waals surface area contributed by atoms with Crippen molar-refractivity contribution in [2.75, 3.05) is 0 Å². The highest BCUT2D eigenvalue weighted by atomic mass is 16.8. The fourth-order valence-corrected chi connectivity index (χ4v) is 11.3. The molecule has 0 aromatic rings. The van der Waals surface area contributed by atoms with Crippen molar-refractivity contribution in [2.45, 2.75) is 150 Å². The van der Waals surface area contributed by atoms with E-state index in [1.165, 1.54) is 25.7 Å². The highest BCUT2D eigenvalue weighted by Crippen LogP contribution is 2.73. The highest BCUT2D eigenvalue weighted by molar-refractivity contribution is 5.33. The molecule has 3 saturated carbocycles. The van der Waals surface area contributed by atoms with Gasteiger partial charge in [-0.2, -0.15) is 0 Å². The number of hydrogen-bond acceptors (Lipinski definition) is 4. The summed E-state index contributed by atoms with van der Waals surface area (Å²) in [5.74, 6) is 1.72. The van der Waals surface area contributed by atoms with Crippen molar-refractivity contribution >= 4 is 0 Å². The van der Waals surface area contributed by atoms with Crippen LogP contribution in [0.5, 0.6) is 0 Å². The number of ether oxygens (including phenoxy) is 3. The van der Waals surface area contributed by atoms with Crippen molar-refractivity contribution in [3.8, 4) is 0 Å². The third-order valence-corrected chi connectivity index (χ3v) is 13.6. The molecule has 6 rings (SSSR count). The first-order valence-corrected chi connectivity index (χ1v) is 15.4. The van der Waals surface area contributed by atoms with Crippen molar-refractivity contribution in [2.24, 2.45) is 45.3 Å². The van der Waals surface area contributed by atoms with Gasteiger partial charge in [0.15, 0.2) is 5.79 Å². The summed E-state index contributed by atoms with van der Waals surface area (Å²) in [6, 6.07) is 0. The van der Waals surface area contributed by atoms with Gasteiger partial charge in [0, 0.05) is 0 Å². The van der Waals surface area contributed by atoms with Gasteiger partial charge in [-0.3, -0.25) is 0 Å². The average molecular weight is 515 g/mol. The van der Waals surface area contributed by atoms with Crippen molar-refractivity contribution in [3.63, 3.8) is 0 Å². The maximum absolute atomic E-state index is 10.9. The third-order valence-electron chi connectivity index (χ3n) is 13.6. The van der Waals surface area contributed by atoms with Crippen LogP contribution < -0.4 is 0 Å². The highest BCUT2D eigenvalue weighted by Gasteiger charge is 2.67. The second-order valence-corrected chi connectivity index (χ2v) is 16.4. The molecule has 6 aliphatic rings. The maximum Gasteiger partial charge on any atom is 0.164 e. The molecule has 0 amide bonds. The lowest BCUT2D eigenvalue weighted by molar-refractivity contribution is -0.212. The fraction of sp³-hybridized carbons (Fsp3) is 0.939. The molecule has 0 radical (unpaired) electrons. The van der Waals surface area contributed by atoms with Crippen molar-refractivity contribution in [1.82, 2.24) is 0 Å². The van der Waals surface area contributed by atoms with E-state index in [1.54, 1.807) is 5.57 Å². The molecule has 4 heteroatoms. The van der Waals surface area contributed by atoms with Crippen LogP contribution in [0.2, 0.25) is 0 Å². The Morgan fingerprint density at radius 3 is 2.27 bits per heavy atom. The molecule has 4 nitrogen and oxygen atoms in total. The summed E-state index contributed by atoms with van der Waals surface area (Å²) < 4.78 is 19.6. The first kappa shape index (κ1) is 26.8. The molecule has 1 N–H and O–H groups in total. The van der Waals surface area contributed by atoms with E-state index in [-0.39, 0.29) is 46.3 Å². The number of allylic oxidation sites excluding steroid dienone is 2. The minimum Gasteiger partial charge on any atom is -0.393 e. The van der Waals surface area contributed by atoms with E-state index in [4.69, 9.17) is 14.2 Å². The molecule has 0 bridgehead atoms. The van der Waals surface area contributed by atoms with Crippen LogP contribution in [0.4, 0.5) is 0 Å². The van der Waals surface area contributed by atoms with Gasteiger partial charge in [-0.1, -0.05) is 53.2 Å². The summed E-state index contributed by atoms with van der Waals surface area (Å²) in [4.78, 5) is 0. The molecule has 2 aliphatic heterocycles. The van der Waals surface area contributed by atoms with Crippen molar-refractivity contribution < 1.29 is 19.3 Å². The second-order valence-electron chi connectivity index (χ2n) is 16.4. The van der Waals surface area contributed by atoms with E-state index < -0.39 is 5.79 Å². The number of aliphatic hydroxyl groups is 1. The lowest BCUT2D eigenvalue weighted by atomic mass is 9.41. The minimum absolute atomic E-state index is 0.00535. The van der Waals surface area contributed by atoms with Gasteiger partial charge in [0.25, 0.3) is 0 Å². The Morgan fingerprint density at radius 2 is 1.57 bits per heavy atom. The van der Waals surface area contributed by atoms with Gasteiger partial charge < -0.3 is 19.3 Å². The molecule has 2 saturated heterocycles. The first-order valence-electron chi connectivity index (χ1n) is 15.4. The molecule has 0 spiro atoms. The standard InChI is InChI=1S/C33H54O4/c1-19(25-26-27(29(4,5)35-25)37-30(6,7)36-26)20-13-17-33(10)22-11-12-23-28(2,3)24(34)15-16-31(23,8)21(22)14-18-32(20,33)9/h11,19-21,23-27,34H,12-18H2,1-10H3. The zero-order valence-corrected chi connectivity index (χ0v) is 25.3. The predicted octanol–water partition coefficient (Wildman–Crippen LogP) is 7.29. The quantitative estimate of drug-likeness (QED) is 0.393. The number of rotatable bonds is 2. The van der Waals surface area contributed by atoms with Crippen LogP contribution in [0.25, 0.3) is 0 Å². The van der Waals surface area contributed by atoms with Crippen LogP contribution >= 0.6 is 0 Å². The summed E-state index contributed by atoms with van der Waals surface area (Å²) >= 11 is 0. The second kappa shape index (κ2) is 7.86. The van der Waals surface area contributed by atoms with Crippen molar-refractivity contribution in [1.29, 1.82) is 0 Å². The van der Waals surface area contributed by atoms with Gasteiger partial charge in [-0.25, -0.2) is 0 Å². The van der Waals surface area contributed by atoms with Crippen molar-refractivity contribution in [3.05, 3.63) is 11.6 Å². The predicted molar refractivity (Wildman–Crippen MR) is 147 cm³/mol. The smallest absolute Gasteiger partial charge is 0.164 e. The lowest BCUT2D eigenvalue weighted by Gasteiger charge is -2.64. The normalized spacial score (nSPS) is 54.0. The van der Waals surface area contributed by atoms with Crippen LogP contribution in [-0.2, 0) is 14.2 Å². The van der Waals surface area contributed by atoms with Crippen LogP contribution in [0.15, 0.2) is 11.6 Å². The molecule has 2 heterocycles. The lowest BCUT2D eigenvalue weighted by Crippen LogP contribution is -2.58. The summed E-state index contributed by atoms with van der Waals surface area (Å²) in [7, 11) is 0. The van der Waals surface area contributed by atoms with Gasteiger partial charge in [-0.15, -0.1) is 0 Å². The molecule has 37 heavy (non-hydrogen) atoms. The summed E-state index contributed by atoms with van der Waals surface area (Å²) in [5.41, 5.74) is 2.24. The van der Waals surface area contributed by atoms with Crippen LogP contribution in [0.1, 0.15) is 114 Å². The Hall–Kier alpha value is -0.420. The molecule has 5 fully saturated rings. The molecular weight excluding hydrogens is 460 g/mol. The van der Waals surface area contributed by atoms with Gasteiger partial charge in [-0.05, 0) is 118 Å². The number of aliphatic hydroxyl groups excluding tert-OH is 1. The van der Waals surface area contributed by atoms with E-state index in [1.807, 2.05) is 13.8 Å². The third kappa shape index (κ3) is 3.40. The Bertz CT molecular complexity index is 981. The summed E-state index contributed by atoms with van der Waals surface area (Å²) in [6.07, 6.45) is 10.9. The molecule has 11 atom stereocenters. The van der Waals surface area contributed by atoms with Gasteiger partial charge in [0.2, 0.25) is 0 Å². The van der Waals surface area contributed by atoms with Gasteiger partial charge >= 0.3 is 0 Å². The summed E-state index contributed by atoms with van der Waals surface area (Å²) in [5, 5.41) is 10.9. The van der Waals surface area contributed by atoms with E-state index in [2.05, 4.69) is 61.5 Å². The Kier molecular flexibility index (Phi) is 5.69. The Morgan fingerprint density at radius 1 is 0.865 bits per heavy atom.